The smallest absolute Gasteiger partial charge is 0.280 e. The predicted octanol–water partition coefficient (Wildman–Crippen LogP) is 3.07. The molecule has 2 heterocycles. The molecule has 3 rings (SSSR count). The molecular formula is C19H30N4OS. The van der Waals surface area contributed by atoms with Gasteiger partial charge in [0.1, 0.15) is 0 Å². The van der Waals surface area contributed by atoms with Gasteiger partial charge in [-0.1, -0.05) is 19.4 Å². The second-order valence-electron chi connectivity index (χ2n) is 7.60. The Morgan fingerprint density at radius 2 is 1.96 bits per heavy atom. The molecule has 1 fully saturated rings. The summed E-state index contributed by atoms with van der Waals surface area (Å²) in [4.78, 5) is 21.1. The van der Waals surface area contributed by atoms with Crippen LogP contribution in [0.2, 0.25) is 0 Å². The van der Waals surface area contributed by atoms with Crippen molar-refractivity contribution in [2.45, 2.75) is 77.5 Å². The first-order valence-electron chi connectivity index (χ1n) is 9.39. The minimum atomic E-state index is -0.0177. The molecule has 1 aliphatic heterocycles. The van der Waals surface area contributed by atoms with Crippen LogP contribution in [0.5, 0.6) is 0 Å². The van der Waals surface area contributed by atoms with E-state index in [0.717, 1.165) is 50.2 Å². The van der Waals surface area contributed by atoms with Crippen LogP contribution in [0, 0.1) is 0 Å². The van der Waals surface area contributed by atoms with Crippen molar-refractivity contribution in [2.75, 3.05) is 6.54 Å². The zero-order chi connectivity index (χ0) is 18.0. The first-order valence-corrected chi connectivity index (χ1v) is 10.2. The van der Waals surface area contributed by atoms with Crippen molar-refractivity contribution in [2.24, 2.45) is 0 Å². The van der Waals surface area contributed by atoms with Gasteiger partial charge >= 0.3 is 0 Å². The summed E-state index contributed by atoms with van der Waals surface area (Å²) in [6, 6.07) is 0.969. The van der Waals surface area contributed by atoms with Gasteiger partial charge in [-0.15, -0.1) is 11.3 Å². The summed E-state index contributed by atoms with van der Waals surface area (Å²) in [5.41, 5.74) is 2.08. The summed E-state index contributed by atoms with van der Waals surface area (Å²) in [6.45, 7) is 12.3. The Labute approximate surface area is 154 Å². The van der Waals surface area contributed by atoms with E-state index in [0.29, 0.717) is 11.0 Å². The third-order valence-corrected chi connectivity index (χ3v) is 6.28. The van der Waals surface area contributed by atoms with Gasteiger partial charge in [-0.3, -0.25) is 9.69 Å². The van der Waals surface area contributed by atoms with Crippen molar-refractivity contribution in [3.63, 3.8) is 0 Å². The van der Waals surface area contributed by atoms with Crippen LogP contribution in [0.1, 0.15) is 66.8 Å². The van der Waals surface area contributed by atoms with Gasteiger partial charge in [0.25, 0.3) is 5.91 Å². The Morgan fingerprint density at radius 1 is 1.28 bits per heavy atom. The molecule has 0 bridgehead atoms. The van der Waals surface area contributed by atoms with Crippen molar-refractivity contribution in [3.05, 3.63) is 27.9 Å². The van der Waals surface area contributed by atoms with Gasteiger partial charge in [-0.25, -0.2) is 4.98 Å². The van der Waals surface area contributed by atoms with E-state index in [1.54, 1.807) is 11.3 Å². The number of rotatable bonds is 5. The zero-order valence-electron chi connectivity index (χ0n) is 15.6. The zero-order valence-corrected chi connectivity index (χ0v) is 16.4. The number of fused-ring (bicyclic) bond motifs is 1. The van der Waals surface area contributed by atoms with E-state index in [2.05, 4.69) is 40.9 Å². The lowest BCUT2D eigenvalue weighted by molar-refractivity contribution is 0.0916. The second kappa shape index (κ2) is 7.87. The van der Waals surface area contributed by atoms with Crippen LogP contribution >= 0.6 is 11.3 Å². The molecule has 1 saturated carbocycles. The van der Waals surface area contributed by atoms with E-state index in [1.807, 2.05) is 6.92 Å². The Kier molecular flexibility index (Phi) is 5.79. The summed E-state index contributed by atoms with van der Waals surface area (Å²) in [5.74, 6) is -0.0177. The molecule has 2 aliphatic rings. The maximum absolute atomic E-state index is 12.8. The maximum Gasteiger partial charge on any atom is 0.280 e. The molecule has 2 N–H and O–H groups in total. The van der Waals surface area contributed by atoms with Gasteiger partial charge in [-0.05, 0) is 33.6 Å². The third kappa shape index (κ3) is 4.42. The van der Waals surface area contributed by atoms with E-state index < -0.39 is 0 Å². The molecule has 1 aromatic rings. The van der Waals surface area contributed by atoms with E-state index in [1.165, 1.54) is 11.3 Å². The number of aromatic nitrogens is 1. The SMILES string of the molecule is C=C(C)N[C@H]1CCCC[C@H]1NC(=O)c1nc2c(s1)CN(C(C)C)CC2. The van der Waals surface area contributed by atoms with Crippen LogP contribution in [-0.2, 0) is 13.0 Å². The third-order valence-electron chi connectivity index (χ3n) is 5.20. The highest BCUT2D eigenvalue weighted by molar-refractivity contribution is 7.13. The minimum absolute atomic E-state index is 0.0177. The maximum atomic E-state index is 12.8. The molecule has 138 valence electrons. The molecule has 0 spiro atoms. The normalized spacial score (nSPS) is 24.0. The van der Waals surface area contributed by atoms with Gasteiger partial charge < -0.3 is 10.6 Å². The van der Waals surface area contributed by atoms with Crippen LogP contribution in [0.4, 0.5) is 0 Å². The molecule has 6 heteroatoms. The second-order valence-corrected chi connectivity index (χ2v) is 8.68. The average Bonchev–Trinajstić information content (AvgIpc) is 2.99. The van der Waals surface area contributed by atoms with Gasteiger partial charge in [-0.2, -0.15) is 0 Å². The highest BCUT2D eigenvalue weighted by atomic mass is 32.1. The summed E-state index contributed by atoms with van der Waals surface area (Å²) < 4.78 is 0. The largest absolute Gasteiger partial charge is 0.384 e. The summed E-state index contributed by atoms with van der Waals surface area (Å²) >= 11 is 1.57. The highest BCUT2D eigenvalue weighted by Crippen LogP contribution is 2.27. The number of amides is 1. The fraction of sp³-hybridized carbons (Fsp3) is 0.684. The fourth-order valence-corrected chi connectivity index (χ4v) is 4.81. The number of carbonyl (C=O) groups excluding carboxylic acids is 1. The lowest BCUT2D eigenvalue weighted by Gasteiger charge is -2.33. The Hall–Kier alpha value is -1.40. The van der Waals surface area contributed by atoms with Crippen LogP contribution < -0.4 is 10.6 Å². The first kappa shape index (κ1) is 18.4. The lowest BCUT2D eigenvalue weighted by Crippen LogP contribution is -2.51. The number of hydrogen-bond acceptors (Lipinski definition) is 5. The Bertz CT molecular complexity index is 639. The fourth-order valence-electron chi connectivity index (χ4n) is 3.78. The molecule has 5 nitrogen and oxygen atoms in total. The molecule has 1 amide bonds. The molecule has 0 saturated heterocycles. The van der Waals surface area contributed by atoms with Crippen molar-refractivity contribution in [1.29, 1.82) is 0 Å². The van der Waals surface area contributed by atoms with Gasteiger partial charge in [0.15, 0.2) is 5.01 Å². The molecular weight excluding hydrogens is 332 g/mol. The molecule has 0 radical (unpaired) electrons. The Morgan fingerprint density at radius 3 is 2.60 bits per heavy atom. The van der Waals surface area contributed by atoms with Gasteiger partial charge in [0.2, 0.25) is 0 Å². The quantitative estimate of drug-likeness (QED) is 0.845. The number of thiazole rings is 1. The molecule has 25 heavy (non-hydrogen) atoms. The number of hydrogen-bond donors (Lipinski definition) is 2. The summed E-state index contributed by atoms with van der Waals surface area (Å²) in [6.07, 6.45) is 5.41. The lowest BCUT2D eigenvalue weighted by atomic mass is 9.90. The van der Waals surface area contributed by atoms with Crippen molar-refractivity contribution < 1.29 is 4.79 Å². The standard InChI is InChI=1S/C19H30N4OS/c1-12(2)20-14-7-5-6-8-15(14)21-18(24)19-22-16-9-10-23(13(3)4)11-17(16)25-19/h13-15,20H,1,5-11H2,2-4H3,(H,21,24)/t14-,15+/m0/s1. The topological polar surface area (TPSA) is 57.3 Å². The molecule has 1 aromatic heterocycles. The van der Waals surface area contributed by atoms with E-state index >= 15 is 0 Å². The van der Waals surface area contributed by atoms with Crippen LogP contribution in [0.25, 0.3) is 0 Å². The van der Waals surface area contributed by atoms with Crippen molar-refractivity contribution >= 4 is 17.2 Å². The van der Waals surface area contributed by atoms with Crippen molar-refractivity contribution in [1.82, 2.24) is 20.5 Å². The Balaban J connectivity index is 1.66. The molecule has 1 aliphatic carbocycles. The average molecular weight is 363 g/mol. The monoisotopic (exact) mass is 362 g/mol. The molecule has 2 atom stereocenters. The number of carbonyl (C=O) groups is 1. The molecule has 0 aromatic carbocycles. The summed E-state index contributed by atoms with van der Waals surface area (Å²) in [5, 5.41) is 7.27. The number of allylic oxidation sites excluding steroid dienone is 1. The van der Waals surface area contributed by atoms with E-state index in [-0.39, 0.29) is 18.0 Å². The van der Waals surface area contributed by atoms with Crippen LogP contribution in [0.15, 0.2) is 12.3 Å². The van der Waals surface area contributed by atoms with Gasteiger partial charge in [0, 0.05) is 48.2 Å². The van der Waals surface area contributed by atoms with Crippen LogP contribution in [0.3, 0.4) is 0 Å². The number of nitrogens with zero attached hydrogens (tertiary/aromatic N) is 2. The van der Waals surface area contributed by atoms with E-state index in [4.69, 9.17) is 0 Å². The van der Waals surface area contributed by atoms with E-state index in [9.17, 15) is 4.79 Å². The van der Waals surface area contributed by atoms with Gasteiger partial charge in [0.05, 0.1) is 5.69 Å². The predicted molar refractivity (Wildman–Crippen MR) is 103 cm³/mol. The highest BCUT2D eigenvalue weighted by Gasteiger charge is 2.29. The summed E-state index contributed by atoms with van der Waals surface area (Å²) in [7, 11) is 0. The van der Waals surface area contributed by atoms with Crippen molar-refractivity contribution in [3.8, 4) is 0 Å². The minimum Gasteiger partial charge on any atom is -0.384 e. The van der Waals surface area contributed by atoms with Crippen LogP contribution in [-0.4, -0.2) is 40.5 Å². The molecule has 0 unspecified atom stereocenters. The first-order chi connectivity index (χ1) is 11.9. The number of nitrogens with one attached hydrogen (secondary N) is 2.